The summed E-state index contributed by atoms with van der Waals surface area (Å²) in [5.74, 6) is 0. The van der Waals surface area contributed by atoms with Crippen molar-refractivity contribution < 1.29 is 4.74 Å². The Bertz CT molecular complexity index is 474. The second kappa shape index (κ2) is 4.36. The zero-order valence-corrected chi connectivity index (χ0v) is 11.9. The van der Waals surface area contributed by atoms with Crippen LogP contribution in [0.1, 0.15) is 31.2 Å². The van der Waals surface area contributed by atoms with Crippen LogP contribution in [-0.2, 0) is 10.2 Å². The highest BCUT2D eigenvalue weighted by atomic mass is 79.9. The lowest BCUT2D eigenvalue weighted by Gasteiger charge is -2.55. The van der Waals surface area contributed by atoms with Crippen LogP contribution in [0.4, 0.5) is 0 Å². The molecule has 1 aromatic carbocycles. The number of halogens is 1. The second-order valence-electron chi connectivity index (χ2n) is 5.67. The van der Waals surface area contributed by atoms with Gasteiger partial charge >= 0.3 is 0 Å². The van der Waals surface area contributed by atoms with Gasteiger partial charge in [0.05, 0.1) is 11.5 Å². The maximum atomic E-state index is 9.58. The Labute approximate surface area is 116 Å². The van der Waals surface area contributed by atoms with Gasteiger partial charge in [-0.3, -0.25) is 0 Å². The molecule has 1 aliphatic carbocycles. The highest BCUT2D eigenvalue weighted by Crippen LogP contribution is 2.59. The van der Waals surface area contributed by atoms with Gasteiger partial charge in [-0.1, -0.05) is 28.1 Å². The van der Waals surface area contributed by atoms with Crippen LogP contribution in [0, 0.1) is 16.7 Å². The lowest BCUT2D eigenvalue weighted by atomic mass is 9.48. The molecule has 2 aliphatic rings. The SMILES string of the molecule is N#CC1(c2ccc(Br)cc2)CC2(CCOCC2)C1. The summed E-state index contributed by atoms with van der Waals surface area (Å²) in [6, 6.07) is 10.8. The summed E-state index contributed by atoms with van der Waals surface area (Å²) < 4.78 is 6.50. The van der Waals surface area contributed by atoms with Gasteiger partial charge in [0.2, 0.25) is 0 Å². The van der Waals surface area contributed by atoms with Gasteiger partial charge in [-0.2, -0.15) is 5.26 Å². The number of hydrogen-bond donors (Lipinski definition) is 0. The third kappa shape index (κ3) is 1.88. The lowest BCUT2D eigenvalue weighted by Crippen LogP contribution is -2.51. The Kier molecular flexibility index (Phi) is 2.96. The first-order valence-corrected chi connectivity index (χ1v) is 7.23. The molecule has 3 heteroatoms. The van der Waals surface area contributed by atoms with Crippen LogP contribution in [0.15, 0.2) is 28.7 Å². The van der Waals surface area contributed by atoms with Crippen molar-refractivity contribution in [2.24, 2.45) is 5.41 Å². The third-order valence-corrected chi connectivity index (χ3v) is 5.05. The van der Waals surface area contributed by atoms with Gasteiger partial charge < -0.3 is 4.74 Å². The largest absolute Gasteiger partial charge is 0.381 e. The smallest absolute Gasteiger partial charge is 0.0833 e. The Morgan fingerprint density at radius 3 is 2.28 bits per heavy atom. The Hall–Kier alpha value is -0.850. The van der Waals surface area contributed by atoms with Crippen LogP contribution in [0.3, 0.4) is 0 Å². The van der Waals surface area contributed by atoms with Crippen molar-refractivity contribution in [3.8, 4) is 6.07 Å². The van der Waals surface area contributed by atoms with Gasteiger partial charge in [-0.15, -0.1) is 0 Å². The molecule has 94 valence electrons. The lowest BCUT2D eigenvalue weighted by molar-refractivity contribution is -0.0578. The Balaban J connectivity index is 1.82. The predicted octanol–water partition coefficient (Wildman–Crippen LogP) is 3.80. The van der Waals surface area contributed by atoms with Gasteiger partial charge in [0.15, 0.2) is 0 Å². The second-order valence-corrected chi connectivity index (χ2v) is 6.58. The molecule has 1 spiro atoms. The monoisotopic (exact) mass is 305 g/mol. The standard InChI is InChI=1S/C15H16BrNO/c16-13-3-1-12(2-4-13)15(11-17)9-14(10-15)5-7-18-8-6-14/h1-4H,5-10H2. The number of hydrogen-bond acceptors (Lipinski definition) is 2. The van der Waals surface area contributed by atoms with E-state index in [1.807, 2.05) is 12.1 Å². The molecule has 2 fully saturated rings. The first kappa shape index (κ1) is 12.2. The van der Waals surface area contributed by atoms with E-state index >= 15 is 0 Å². The van der Waals surface area contributed by atoms with Gasteiger partial charge in [0.1, 0.15) is 0 Å². The van der Waals surface area contributed by atoms with Gasteiger partial charge in [0, 0.05) is 17.7 Å². The number of rotatable bonds is 1. The van der Waals surface area contributed by atoms with E-state index in [-0.39, 0.29) is 5.41 Å². The first-order chi connectivity index (χ1) is 8.68. The summed E-state index contributed by atoms with van der Waals surface area (Å²) in [5.41, 5.74) is 1.30. The number of ether oxygens (including phenoxy) is 1. The molecule has 1 aromatic rings. The molecule has 1 aliphatic heterocycles. The molecule has 3 rings (SSSR count). The van der Waals surface area contributed by atoms with Crippen molar-refractivity contribution in [1.82, 2.24) is 0 Å². The molecule has 0 unspecified atom stereocenters. The highest BCUT2D eigenvalue weighted by Gasteiger charge is 2.55. The number of nitriles is 1. The molecule has 1 heterocycles. The highest BCUT2D eigenvalue weighted by molar-refractivity contribution is 9.10. The zero-order chi connectivity index (χ0) is 12.6. The van der Waals surface area contributed by atoms with E-state index in [9.17, 15) is 5.26 Å². The quantitative estimate of drug-likeness (QED) is 0.790. The predicted molar refractivity (Wildman–Crippen MR) is 73.2 cm³/mol. The van der Waals surface area contributed by atoms with E-state index in [4.69, 9.17) is 4.74 Å². The molecule has 0 bridgehead atoms. The normalized spacial score (nSPS) is 24.2. The van der Waals surface area contributed by atoms with Crippen LogP contribution in [0.25, 0.3) is 0 Å². The first-order valence-electron chi connectivity index (χ1n) is 6.43. The van der Waals surface area contributed by atoms with Crippen molar-refractivity contribution in [2.45, 2.75) is 31.1 Å². The zero-order valence-electron chi connectivity index (χ0n) is 10.3. The summed E-state index contributed by atoms with van der Waals surface area (Å²) in [6.07, 6.45) is 4.24. The van der Waals surface area contributed by atoms with Crippen molar-refractivity contribution in [1.29, 1.82) is 5.26 Å². The third-order valence-electron chi connectivity index (χ3n) is 4.52. The molecule has 1 saturated heterocycles. The average molecular weight is 306 g/mol. The molecular weight excluding hydrogens is 290 g/mol. The molecule has 0 atom stereocenters. The molecule has 0 aromatic heterocycles. The summed E-state index contributed by atoms with van der Waals surface area (Å²) >= 11 is 3.44. The van der Waals surface area contributed by atoms with Crippen LogP contribution in [0.2, 0.25) is 0 Å². The van der Waals surface area contributed by atoms with E-state index in [2.05, 4.69) is 34.1 Å². The van der Waals surface area contributed by atoms with Crippen LogP contribution >= 0.6 is 15.9 Å². The average Bonchev–Trinajstić information content (AvgIpc) is 2.37. The van der Waals surface area contributed by atoms with E-state index in [1.54, 1.807) is 0 Å². The Morgan fingerprint density at radius 1 is 1.11 bits per heavy atom. The maximum Gasteiger partial charge on any atom is 0.0833 e. The molecule has 1 saturated carbocycles. The fraction of sp³-hybridized carbons (Fsp3) is 0.533. The molecule has 0 N–H and O–H groups in total. The minimum atomic E-state index is -0.252. The van der Waals surface area contributed by atoms with Crippen molar-refractivity contribution in [3.05, 3.63) is 34.3 Å². The van der Waals surface area contributed by atoms with Gasteiger partial charge in [0.25, 0.3) is 0 Å². The van der Waals surface area contributed by atoms with Crippen LogP contribution < -0.4 is 0 Å². The van der Waals surface area contributed by atoms with Crippen LogP contribution in [0.5, 0.6) is 0 Å². The molecular formula is C15H16BrNO. The fourth-order valence-electron chi connectivity index (χ4n) is 3.50. The van der Waals surface area contributed by atoms with Crippen molar-refractivity contribution >= 4 is 15.9 Å². The minimum absolute atomic E-state index is 0.252. The summed E-state index contributed by atoms with van der Waals surface area (Å²) in [7, 11) is 0. The maximum absolute atomic E-state index is 9.58. The van der Waals surface area contributed by atoms with E-state index < -0.39 is 0 Å². The van der Waals surface area contributed by atoms with Crippen molar-refractivity contribution in [2.75, 3.05) is 13.2 Å². The summed E-state index contributed by atoms with van der Waals surface area (Å²) in [4.78, 5) is 0. The van der Waals surface area contributed by atoms with E-state index in [1.165, 1.54) is 5.56 Å². The van der Waals surface area contributed by atoms with E-state index in [0.717, 1.165) is 43.4 Å². The van der Waals surface area contributed by atoms with Gasteiger partial charge in [-0.05, 0) is 48.8 Å². The fourth-order valence-corrected chi connectivity index (χ4v) is 3.77. The molecule has 0 radical (unpaired) electrons. The molecule has 0 amide bonds. The Morgan fingerprint density at radius 2 is 1.72 bits per heavy atom. The molecule has 2 nitrogen and oxygen atoms in total. The van der Waals surface area contributed by atoms with Gasteiger partial charge in [-0.25, -0.2) is 0 Å². The van der Waals surface area contributed by atoms with E-state index in [0.29, 0.717) is 5.41 Å². The minimum Gasteiger partial charge on any atom is -0.381 e. The summed E-state index contributed by atoms with van der Waals surface area (Å²) in [5, 5.41) is 9.58. The molecule has 18 heavy (non-hydrogen) atoms. The number of nitrogens with zero attached hydrogens (tertiary/aromatic N) is 1. The van der Waals surface area contributed by atoms with Crippen LogP contribution in [-0.4, -0.2) is 13.2 Å². The summed E-state index contributed by atoms with van der Waals surface area (Å²) in [6.45, 7) is 1.73. The number of benzene rings is 1. The topological polar surface area (TPSA) is 33.0 Å². The van der Waals surface area contributed by atoms with Crippen molar-refractivity contribution in [3.63, 3.8) is 0 Å².